The van der Waals surface area contributed by atoms with Gasteiger partial charge in [0.15, 0.2) is 0 Å². The summed E-state index contributed by atoms with van der Waals surface area (Å²) in [6.07, 6.45) is -0.101. The molecule has 0 aromatic heterocycles. The van der Waals surface area contributed by atoms with E-state index >= 15 is 0 Å². The van der Waals surface area contributed by atoms with Crippen molar-refractivity contribution >= 4 is 24.0 Å². The number of nitrogens with zero attached hydrogens (tertiary/aromatic N) is 1. The normalized spacial score (nSPS) is 10.8. The number of anilines is 1. The van der Waals surface area contributed by atoms with Gasteiger partial charge in [0, 0.05) is 18.3 Å². The van der Waals surface area contributed by atoms with Crippen LogP contribution in [-0.2, 0) is 4.74 Å². The van der Waals surface area contributed by atoms with E-state index in [1.54, 1.807) is 20.8 Å². The lowest BCUT2D eigenvalue weighted by molar-refractivity contribution is 0.0587. The van der Waals surface area contributed by atoms with Gasteiger partial charge in [0.25, 0.3) is 0 Å². The molecular formula is C14H17NO5. The van der Waals surface area contributed by atoms with Crippen LogP contribution in [0.1, 0.15) is 41.5 Å². The van der Waals surface area contributed by atoms with Gasteiger partial charge in [-0.25, -0.2) is 9.59 Å². The SMILES string of the molecule is CN(C(=O)OC(C)(C)C)c1cc(C=O)cc(C(=O)O)c1. The third-order valence-corrected chi connectivity index (χ3v) is 2.38. The molecule has 1 N–H and O–H groups in total. The molecule has 0 saturated heterocycles. The fourth-order valence-corrected chi connectivity index (χ4v) is 1.46. The van der Waals surface area contributed by atoms with Crippen LogP contribution < -0.4 is 4.90 Å². The molecule has 6 nitrogen and oxygen atoms in total. The molecule has 1 rings (SSSR count). The van der Waals surface area contributed by atoms with Crippen LogP contribution in [0.5, 0.6) is 0 Å². The largest absolute Gasteiger partial charge is 0.478 e. The number of carboxylic acid groups (broad SMARTS) is 1. The minimum absolute atomic E-state index is 0.0694. The number of carbonyl (C=O) groups excluding carboxylic acids is 2. The Bertz CT molecular complexity index is 545. The number of carboxylic acids is 1. The minimum atomic E-state index is -1.17. The van der Waals surface area contributed by atoms with Gasteiger partial charge in [-0.3, -0.25) is 9.69 Å². The van der Waals surface area contributed by atoms with E-state index in [1.165, 1.54) is 25.2 Å². The van der Waals surface area contributed by atoms with Crippen molar-refractivity contribution in [2.45, 2.75) is 26.4 Å². The molecule has 0 bridgehead atoms. The summed E-state index contributed by atoms with van der Waals surface area (Å²) in [6, 6.07) is 3.96. The molecular weight excluding hydrogens is 262 g/mol. The van der Waals surface area contributed by atoms with E-state index in [2.05, 4.69) is 0 Å². The second-order valence-electron chi connectivity index (χ2n) is 5.28. The number of ether oxygens (including phenoxy) is 1. The van der Waals surface area contributed by atoms with E-state index in [0.717, 1.165) is 4.90 Å². The Morgan fingerprint density at radius 2 is 1.85 bits per heavy atom. The van der Waals surface area contributed by atoms with Gasteiger partial charge in [-0.15, -0.1) is 0 Å². The van der Waals surface area contributed by atoms with E-state index in [-0.39, 0.29) is 16.8 Å². The summed E-state index contributed by atoms with van der Waals surface area (Å²) in [5.74, 6) is -1.17. The van der Waals surface area contributed by atoms with Crippen LogP contribution in [0.15, 0.2) is 18.2 Å². The van der Waals surface area contributed by atoms with Crippen molar-refractivity contribution in [2.75, 3.05) is 11.9 Å². The number of aromatic carboxylic acids is 1. The van der Waals surface area contributed by atoms with Crippen LogP contribution in [0.4, 0.5) is 10.5 Å². The fraction of sp³-hybridized carbons (Fsp3) is 0.357. The van der Waals surface area contributed by atoms with Crippen LogP contribution in [-0.4, -0.2) is 36.1 Å². The molecule has 0 heterocycles. The summed E-state index contributed by atoms with van der Waals surface area (Å²) in [4.78, 5) is 34.9. The number of carbonyl (C=O) groups is 3. The highest BCUT2D eigenvalue weighted by molar-refractivity contribution is 5.95. The summed E-state index contributed by atoms with van der Waals surface area (Å²) in [5.41, 5.74) is -0.278. The van der Waals surface area contributed by atoms with Gasteiger partial charge in [-0.05, 0) is 39.0 Å². The lowest BCUT2D eigenvalue weighted by Gasteiger charge is -2.25. The van der Waals surface area contributed by atoms with E-state index < -0.39 is 17.7 Å². The average molecular weight is 279 g/mol. The molecule has 1 amide bonds. The van der Waals surface area contributed by atoms with Crippen molar-refractivity contribution < 1.29 is 24.2 Å². The third-order valence-electron chi connectivity index (χ3n) is 2.38. The first-order valence-corrected chi connectivity index (χ1v) is 5.94. The van der Waals surface area contributed by atoms with Crippen molar-refractivity contribution in [3.05, 3.63) is 29.3 Å². The number of hydrogen-bond acceptors (Lipinski definition) is 4. The molecule has 1 aromatic rings. The zero-order chi connectivity index (χ0) is 15.5. The highest BCUT2D eigenvalue weighted by Gasteiger charge is 2.21. The molecule has 0 spiro atoms. The third kappa shape index (κ3) is 4.08. The van der Waals surface area contributed by atoms with Gasteiger partial charge in [-0.2, -0.15) is 0 Å². The minimum Gasteiger partial charge on any atom is -0.478 e. The maximum absolute atomic E-state index is 11.9. The van der Waals surface area contributed by atoms with E-state index in [9.17, 15) is 14.4 Å². The van der Waals surface area contributed by atoms with Crippen LogP contribution >= 0.6 is 0 Å². The predicted molar refractivity (Wildman–Crippen MR) is 73.4 cm³/mol. The highest BCUT2D eigenvalue weighted by Crippen LogP contribution is 2.20. The van der Waals surface area contributed by atoms with E-state index in [0.29, 0.717) is 6.29 Å². The number of benzene rings is 1. The molecule has 0 aliphatic carbocycles. The molecule has 6 heteroatoms. The van der Waals surface area contributed by atoms with Crippen LogP contribution in [0.3, 0.4) is 0 Å². The zero-order valence-electron chi connectivity index (χ0n) is 11.8. The summed E-state index contributed by atoms with van der Waals surface area (Å²) >= 11 is 0. The smallest absolute Gasteiger partial charge is 0.414 e. The fourth-order valence-electron chi connectivity index (χ4n) is 1.46. The predicted octanol–water partition coefficient (Wildman–Crippen LogP) is 2.57. The second-order valence-corrected chi connectivity index (χ2v) is 5.28. The molecule has 0 saturated carbocycles. The van der Waals surface area contributed by atoms with Crippen molar-refractivity contribution in [2.24, 2.45) is 0 Å². The lowest BCUT2D eigenvalue weighted by Crippen LogP contribution is -2.34. The second kappa shape index (κ2) is 5.73. The molecule has 108 valence electrons. The van der Waals surface area contributed by atoms with Crippen LogP contribution in [0.25, 0.3) is 0 Å². The quantitative estimate of drug-likeness (QED) is 0.860. The maximum atomic E-state index is 11.9. The number of aldehydes is 1. The molecule has 20 heavy (non-hydrogen) atoms. The first kappa shape index (κ1) is 15.7. The van der Waals surface area contributed by atoms with Gasteiger partial charge < -0.3 is 9.84 Å². The van der Waals surface area contributed by atoms with Gasteiger partial charge in [0.1, 0.15) is 11.9 Å². The molecule has 0 aliphatic rings. The first-order chi connectivity index (χ1) is 9.14. The lowest BCUT2D eigenvalue weighted by atomic mass is 10.1. The van der Waals surface area contributed by atoms with Crippen molar-refractivity contribution in [3.8, 4) is 0 Å². The Hall–Kier alpha value is -2.37. The molecule has 0 radical (unpaired) electrons. The highest BCUT2D eigenvalue weighted by atomic mass is 16.6. The average Bonchev–Trinajstić information content (AvgIpc) is 2.35. The molecule has 0 unspecified atom stereocenters. The molecule has 0 fully saturated rings. The van der Waals surface area contributed by atoms with E-state index in [4.69, 9.17) is 9.84 Å². The van der Waals surface area contributed by atoms with Gasteiger partial charge in [0.05, 0.1) is 5.56 Å². The van der Waals surface area contributed by atoms with Crippen LogP contribution in [0, 0.1) is 0 Å². The maximum Gasteiger partial charge on any atom is 0.414 e. The Morgan fingerprint density at radius 1 is 1.25 bits per heavy atom. The van der Waals surface area contributed by atoms with Crippen LogP contribution in [0.2, 0.25) is 0 Å². The van der Waals surface area contributed by atoms with Crippen molar-refractivity contribution in [3.63, 3.8) is 0 Å². The summed E-state index contributed by atoms with van der Waals surface area (Å²) < 4.78 is 5.18. The Kier molecular flexibility index (Phi) is 4.49. The van der Waals surface area contributed by atoms with Crippen molar-refractivity contribution in [1.29, 1.82) is 0 Å². The molecule has 1 aromatic carbocycles. The Labute approximate surface area is 117 Å². The summed E-state index contributed by atoms with van der Waals surface area (Å²) in [6.45, 7) is 5.18. The molecule has 0 aliphatic heterocycles. The topological polar surface area (TPSA) is 83.9 Å². The number of amides is 1. The van der Waals surface area contributed by atoms with E-state index in [1.807, 2.05) is 0 Å². The first-order valence-electron chi connectivity index (χ1n) is 5.94. The summed E-state index contributed by atoms with van der Waals surface area (Å²) in [7, 11) is 1.45. The standard InChI is InChI=1S/C14H17NO5/c1-14(2,3)20-13(19)15(4)11-6-9(8-16)5-10(7-11)12(17)18/h5-8H,1-4H3,(H,17,18). The van der Waals surface area contributed by atoms with Gasteiger partial charge in [-0.1, -0.05) is 0 Å². The zero-order valence-corrected chi connectivity index (χ0v) is 11.8. The number of hydrogen-bond donors (Lipinski definition) is 1. The number of rotatable bonds is 3. The Morgan fingerprint density at radius 3 is 2.30 bits per heavy atom. The molecule has 0 atom stereocenters. The van der Waals surface area contributed by atoms with Gasteiger partial charge in [0.2, 0.25) is 0 Å². The van der Waals surface area contributed by atoms with Crippen molar-refractivity contribution in [1.82, 2.24) is 0 Å². The monoisotopic (exact) mass is 279 g/mol. The van der Waals surface area contributed by atoms with Gasteiger partial charge >= 0.3 is 12.1 Å². The summed E-state index contributed by atoms with van der Waals surface area (Å²) in [5, 5.41) is 8.99. The Balaban J connectivity index is 3.12.